The Morgan fingerprint density at radius 2 is 2.00 bits per heavy atom. The van der Waals surface area contributed by atoms with E-state index < -0.39 is 13.0 Å². The quantitative estimate of drug-likeness (QED) is 0.728. The molecule has 18 heavy (non-hydrogen) atoms. The van der Waals surface area contributed by atoms with Crippen LogP contribution >= 0.6 is 0 Å². The third-order valence-corrected chi connectivity index (χ3v) is 2.55. The van der Waals surface area contributed by atoms with Gasteiger partial charge in [0.05, 0.1) is 13.7 Å². The molecular weight excluding hydrogens is 240 g/mol. The molecule has 0 aromatic heterocycles. The number of methoxy groups -OCH3 is 1. The minimum atomic E-state index is -2.41. The lowest BCUT2D eigenvalue weighted by atomic mass is 10.1. The highest BCUT2D eigenvalue weighted by atomic mass is 19.3. The largest absolute Gasteiger partial charge is 0.496 e. The molecule has 3 nitrogen and oxygen atoms in total. The van der Waals surface area contributed by atoms with Gasteiger partial charge in [-0.05, 0) is 13.0 Å². The van der Waals surface area contributed by atoms with Crippen molar-refractivity contribution in [3.8, 4) is 5.75 Å². The highest BCUT2D eigenvalue weighted by Gasteiger charge is 2.09. The van der Waals surface area contributed by atoms with Gasteiger partial charge in [-0.25, -0.2) is 8.78 Å². The summed E-state index contributed by atoms with van der Waals surface area (Å²) in [5.41, 5.74) is 1.04. The van der Waals surface area contributed by atoms with Gasteiger partial charge < -0.3 is 14.8 Å². The molecule has 0 aliphatic heterocycles. The molecular formula is C13H19F2NO2. The average Bonchev–Trinajstić information content (AvgIpc) is 2.37. The molecule has 1 rings (SSSR count). The zero-order valence-electron chi connectivity index (χ0n) is 10.7. The average molecular weight is 259 g/mol. The predicted molar refractivity (Wildman–Crippen MR) is 66.2 cm³/mol. The van der Waals surface area contributed by atoms with Crippen LogP contribution in [-0.2, 0) is 4.74 Å². The third kappa shape index (κ3) is 4.98. The maximum atomic E-state index is 11.8. The minimum absolute atomic E-state index is 0.0799. The Hall–Kier alpha value is -1.20. The van der Waals surface area contributed by atoms with Crippen LogP contribution in [0.3, 0.4) is 0 Å². The summed E-state index contributed by atoms with van der Waals surface area (Å²) in [5, 5.41) is 3.20. The van der Waals surface area contributed by atoms with Crippen molar-refractivity contribution in [1.82, 2.24) is 5.32 Å². The Bertz CT molecular complexity index is 348. The number of hydrogen-bond donors (Lipinski definition) is 1. The van der Waals surface area contributed by atoms with Gasteiger partial charge in [-0.2, -0.15) is 0 Å². The normalized spacial score (nSPS) is 12.7. The Labute approximate surface area is 106 Å². The second kappa shape index (κ2) is 8.00. The number of halogens is 2. The molecule has 5 heteroatoms. The van der Waals surface area contributed by atoms with E-state index in [1.165, 1.54) is 0 Å². The molecule has 1 atom stereocenters. The molecule has 0 aliphatic carbocycles. The monoisotopic (exact) mass is 259 g/mol. The fraction of sp³-hybridized carbons (Fsp3) is 0.538. The van der Waals surface area contributed by atoms with E-state index in [9.17, 15) is 8.78 Å². The summed E-state index contributed by atoms with van der Waals surface area (Å²) in [7, 11) is 1.62. The van der Waals surface area contributed by atoms with E-state index in [2.05, 4.69) is 5.32 Å². The molecule has 0 saturated carbocycles. The van der Waals surface area contributed by atoms with E-state index in [-0.39, 0.29) is 12.6 Å². The van der Waals surface area contributed by atoms with Gasteiger partial charge in [-0.15, -0.1) is 0 Å². The first kappa shape index (κ1) is 14.9. The molecule has 0 saturated heterocycles. The molecule has 0 bridgehead atoms. The highest BCUT2D eigenvalue weighted by molar-refractivity contribution is 5.35. The zero-order valence-corrected chi connectivity index (χ0v) is 10.7. The summed E-state index contributed by atoms with van der Waals surface area (Å²) in [6, 6.07) is 7.78. The van der Waals surface area contributed by atoms with Crippen LogP contribution in [0, 0.1) is 0 Å². The van der Waals surface area contributed by atoms with Crippen molar-refractivity contribution in [2.24, 2.45) is 0 Å². The van der Waals surface area contributed by atoms with E-state index in [1.807, 2.05) is 31.2 Å². The standard InChI is InChI=1S/C13H19F2NO2/c1-10(16-7-8-18-9-13(14)15)11-5-3-4-6-12(11)17-2/h3-6,10,13,16H,7-9H2,1-2H3. The van der Waals surface area contributed by atoms with Gasteiger partial charge in [0.1, 0.15) is 12.4 Å². The van der Waals surface area contributed by atoms with Crippen LogP contribution in [0.5, 0.6) is 5.75 Å². The fourth-order valence-electron chi connectivity index (χ4n) is 1.65. The number of hydrogen-bond acceptors (Lipinski definition) is 3. The molecule has 0 aliphatic rings. The van der Waals surface area contributed by atoms with Crippen LogP contribution in [0.25, 0.3) is 0 Å². The predicted octanol–water partition coefficient (Wildman–Crippen LogP) is 2.63. The number of benzene rings is 1. The van der Waals surface area contributed by atoms with Gasteiger partial charge in [0, 0.05) is 18.2 Å². The van der Waals surface area contributed by atoms with E-state index in [0.717, 1.165) is 11.3 Å². The summed E-state index contributed by atoms with van der Waals surface area (Å²) >= 11 is 0. The third-order valence-electron chi connectivity index (χ3n) is 2.55. The first-order chi connectivity index (χ1) is 8.65. The zero-order chi connectivity index (χ0) is 13.4. The molecule has 1 unspecified atom stereocenters. The van der Waals surface area contributed by atoms with E-state index in [1.54, 1.807) is 7.11 Å². The lowest BCUT2D eigenvalue weighted by Gasteiger charge is -2.17. The second-order valence-electron chi connectivity index (χ2n) is 3.88. The summed E-state index contributed by atoms with van der Waals surface area (Å²) in [4.78, 5) is 0. The van der Waals surface area contributed by atoms with Gasteiger partial charge in [-0.1, -0.05) is 18.2 Å². The van der Waals surface area contributed by atoms with Crippen LogP contribution in [0.2, 0.25) is 0 Å². The molecule has 0 amide bonds. The molecule has 0 radical (unpaired) electrons. The smallest absolute Gasteiger partial charge is 0.261 e. The SMILES string of the molecule is COc1ccccc1C(C)NCCOCC(F)F. The maximum Gasteiger partial charge on any atom is 0.261 e. The molecule has 0 fully saturated rings. The van der Waals surface area contributed by atoms with Gasteiger partial charge in [0.25, 0.3) is 6.43 Å². The Morgan fingerprint density at radius 3 is 2.67 bits per heavy atom. The van der Waals surface area contributed by atoms with Crippen LogP contribution in [0.15, 0.2) is 24.3 Å². The number of rotatable bonds is 8. The molecule has 1 aromatic carbocycles. The van der Waals surface area contributed by atoms with E-state index in [0.29, 0.717) is 6.54 Å². The molecule has 0 heterocycles. The van der Waals surface area contributed by atoms with Crippen molar-refractivity contribution in [3.05, 3.63) is 29.8 Å². The summed E-state index contributed by atoms with van der Waals surface area (Å²) in [6.07, 6.45) is -2.41. The Balaban J connectivity index is 2.34. The summed E-state index contributed by atoms with van der Waals surface area (Å²) in [5.74, 6) is 0.811. The van der Waals surface area contributed by atoms with Crippen molar-refractivity contribution in [2.75, 3.05) is 26.9 Å². The summed E-state index contributed by atoms with van der Waals surface area (Å²) in [6.45, 7) is 2.27. The van der Waals surface area contributed by atoms with Gasteiger partial charge in [0.2, 0.25) is 0 Å². The molecule has 1 N–H and O–H groups in total. The number of nitrogens with one attached hydrogen (secondary N) is 1. The van der Waals surface area contributed by atoms with Crippen molar-refractivity contribution in [2.45, 2.75) is 19.4 Å². The molecule has 1 aromatic rings. The maximum absolute atomic E-state index is 11.8. The van der Waals surface area contributed by atoms with Crippen molar-refractivity contribution in [3.63, 3.8) is 0 Å². The lowest BCUT2D eigenvalue weighted by Crippen LogP contribution is -2.24. The van der Waals surface area contributed by atoms with Gasteiger partial charge in [0.15, 0.2) is 0 Å². The lowest BCUT2D eigenvalue weighted by molar-refractivity contribution is 0.0183. The van der Waals surface area contributed by atoms with Crippen LogP contribution < -0.4 is 10.1 Å². The Kier molecular flexibility index (Phi) is 6.60. The van der Waals surface area contributed by atoms with Gasteiger partial charge in [-0.3, -0.25) is 0 Å². The van der Waals surface area contributed by atoms with E-state index >= 15 is 0 Å². The van der Waals surface area contributed by atoms with Gasteiger partial charge >= 0.3 is 0 Å². The van der Waals surface area contributed by atoms with Crippen molar-refractivity contribution >= 4 is 0 Å². The number of alkyl halides is 2. The molecule has 102 valence electrons. The first-order valence-electron chi connectivity index (χ1n) is 5.87. The minimum Gasteiger partial charge on any atom is -0.496 e. The number of para-hydroxylation sites is 1. The Morgan fingerprint density at radius 1 is 1.28 bits per heavy atom. The first-order valence-corrected chi connectivity index (χ1v) is 5.87. The number of ether oxygens (including phenoxy) is 2. The fourth-order valence-corrected chi connectivity index (χ4v) is 1.65. The highest BCUT2D eigenvalue weighted by Crippen LogP contribution is 2.23. The van der Waals surface area contributed by atoms with Crippen molar-refractivity contribution < 1.29 is 18.3 Å². The van der Waals surface area contributed by atoms with Crippen LogP contribution in [-0.4, -0.2) is 33.3 Å². The van der Waals surface area contributed by atoms with E-state index in [4.69, 9.17) is 9.47 Å². The van der Waals surface area contributed by atoms with Crippen molar-refractivity contribution in [1.29, 1.82) is 0 Å². The topological polar surface area (TPSA) is 30.5 Å². The van der Waals surface area contributed by atoms with Crippen LogP contribution in [0.4, 0.5) is 8.78 Å². The summed E-state index contributed by atoms with van der Waals surface area (Å²) < 4.78 is 33.7. The molecule has 0 spiro atoms. The van der Waals surface area contributed by atoms with Crippen LogP contribution in [0.1, 0.15) is 18.5 Å². The second-order valence-corrected chi connectivity index (χ2v) is 3.88.